The lowest BCUT2D eigenvalue weighted by Gasteiger charge is -2.07. The summed E-state index contributed by atoms with van der Waals surface area (Å²) >= 11 is 5.80. The highest BCUT2D eigenvalue weighted by molar-refractivity contribution is 6.31. The highest BCUT2D eigenvalue weighted by atomic mass is 35.5. The lowest BCUT2D eigenvalue weighted by Crippen LogP contribution is -2.30. The number of hydrogen-bond acceptors (Lipinski definition) is 3. The third kappa shape index (κ3) is 4.93. The lowest BCUT2D eigenvalue weighted by atomic mass is 10.1. The van der Waals surface area contributed by atoms with Crippen molar-refractivity contribution in [3.8, 4) is 0 Å². The smallest absolute Gasteiger partial charge is 0.407 e. The summed E-state index contributed by atoms with van der Waals surface area (Å²) < 4.78 is 5.01. The molecule has 0 bridgehead atoms. The first-order valence-electron chi connectivity index (χ1n) is 6.38. The van der Waals surface area contributed by atoms with Crippen molar-refractivity contribution < 1.29 is 14.3 Å². The summed E-state index contributed by atoms with van der Waals surface area (Å²) in [6, 6.07) is 15.9. The number of rotatable bonds is 5. The van der Waals surface area contributed by atoms with Gasteiger partial charge in [-0.2, -0.15) is 0 Å². The van der Waals surface area contributed by atoms with Gasteiger partial charge in [0.2, 0.25) is 0 Å². The van der Waals surface area contributed by atoms with Gasteiger partial charge in [0.25, 0.3) is 0 Å². The van der Waals surface area contributed by atoms with E-state index < -0.39 is 6.09 Å². The van der Waals surface area contributed by atoms with Crippen molar-refractivity contribution in [1.29, 1.82) is 0 Å². The predicted molar refractivity (Wildman–Crippen MR) is 80.4 cm³/mol. The maximum atomic E-state index is 11.8. The van der Waals surface area contributed by atoms with Crippen LogP contribution in [0, 0.1) is 0 Å². The second kappa shape index (κ2) is 7.45. The van der Waals surface area contributed by atoms with Gasteiger partial charge < -0.3 is 10.1 Å². The summed E-state index contributed by atoms with van der Waals surface area (Å²) in [7, 11) is 0. The summed E-state index contributed by atoms with van der Waals surface area (Å²) in [5.74, 6) is -0.228. The first-order chi connectivity index (χ1) is 10.1. The highest BCUT2D eigenvalue weighted by Crippen LogP contribution is 2.10. The Morgan fingerprint density at radius 3 is 2.52 bits per heavy atom. The fraction of sp³-hybridized carbons (Fsp3) is 0.125. The molecule has 0 saturated heterocycles. The van der Waals surface area contributed by atoms with Crippen LogP contribution in [0.2, 0.25) is 5.02 Å². The zero-order valence-corrected chi connectivity index (χ0v) is 12.0. The van der Waals surface area contributed by atoms with Crippen molar-refractivity contribution >= 4 is 23.5 Å². The number of carbonyl (C=O) groups is 2. The van der Waals surface area contributed by atoms with Crippen LogP contribution >= 0.6 is 11.6 Å². The summed E-state index contributed by atoms with van der Waals surface area (Å²) in [6.07, 6.45) is -0.630. The van der Waals surface area contributed by atoms with Crippen LogP contribution in [0.5, 0.6) is 0 Å². The molecule has 2 rings (SSSR count). The Kier molecular flexibility index (Phi) is 5.35. The van der Waals surface area contributed by atoms with Gasteiger partial charge in [-0.3, -0.25) is 4.79 Å². The maximum absolute atomic E-state index is 11.8. The molecule has 0 aliphatic heterocycles. The normalized spacial score (nSPS) is 9.95. The fourth-order valence-electron chi connectivity index (χ4n) is 1.69. The molecule has 0 saturated carbocycles. The first-order valence-corrected chi connectivity index (χ1v) is 6.76. The van der Waals surface area contributed by atoms with Crippen molar-refractivity contribution in [3.05, 3.63) is 70.7 Å². The zero-order chi connectivity index (χ0) is 15.1. The molecule has 1 N–H and O–H groups in total. The van der Waals surface area contributed by atoms with E-state index in [0.29, 0.717) is 10.6 Å². The summed E-state index contributed by atoms with van der Waals surface area (Å²) in [4.78, 5) is 23.4. The molecule has 108 valence electrons. The molecule has 0 radical (unpaired) electrons. The number of carbonyl (C=O) groups excluding carboxylic acids is 2. The second-order valence-electron chi connectivity index (χ2n) is 4.35. The Bertz CT molecular complexity index is 628. The minimum atomic E-state index is -0.630. The minimum absolute atomic E-state index is 0.131. The number of alkyl carbamates (subject to hydrolysis) is 1. The SMILES string of the molecule is O=C(NCC(=O)c1cccc(Cl)c1)OCc1ccccc1. The van der Waals surface area contributed by atoms with Crippen LogP contribution < -0.4 is 5.32 Å². The molecular formula is C16H14ClNO3. The van der Waals surface area contributed by atoms with Crippen LogP contribution in [0.1, 0.15) is 15.9 Å². The van der Waals surface area contributed by atoms with Crippen molar-refractivity contribution in [2.45, 2.75) is 6.61 Å². The van der Waals surface area contributed by atoms with Gasteiger partial charge in [-0.25, -0.2) is 4.79 Å². The van der Waals surface area contributed by atoms with E-state index in [1.54, 1.807) is 24.3 Å². The number of halogens is 1. The molecule has 0 aromatic heterocycles. The first kappa shape index (κ1) is 15.1. The molecule has 2 aromatic rings. The van der Waals surface area contributed by atoms with Crippen molar-refractivity contribution in [3.63, 3.8) is 0 Å². The standard InChI is InChI=1S/C16H14ClNO3/c17-14-8-4-7-13(9-14)15(19)10-18-16(20)21-11-12-5-2-1-3-6-12/h1-9H,10-11H2,(H,18,20). The van der Waals surface area contributed by atoms with E-state index in [1.807, 2.05) is 30.3 Å². The van der Waals surface area contributed by atoms with Gasteiger partial charge in [0.15, 0.2) is 5.78 Å². The Labute approximate surface area is 127 Å². The average molecular weight is 304 g/mol. The highest BCUT2D eigenvalue weighted by Gasteiger charge is 2.09. The molecule has 1 amide bonds. The number of benzene rings is 2. The van der Waals surface area contributed by atoms with Crippen LogP contribution in [-0.4, -0.2) is 18.4 Å². The number of nitrogens with one attached hydrogen (secondary N) is 1. The van der Waals surface area contributed by atoms with Crippen LogP contribution in [-0.2, 0) is 11.3 Å². The number of ketones is 1. The van der Waals surface area contributed by atoms with Crippen LogP contribution in [0.3, 0.4) is 0 Å². The van der Waals surface area contributed by atoms with Gasteiger partial charge in [0.05, 0.1) is 6.54 Å². The maximum Gasteiger partial charge on any atom is 0.407 e. The summed E-state index contributed by atoms with van der Waals surface area (Å²) in [5, 5.41) is 2.90. The van der Waals surface area contributed by atoms with Crippen molar-refractivity contribution in [2.75, 3.05) is 6.54 Å². The summed E-state index contributed by atoms with van der Waals surface area (Å²) in [6.45, 7) is 0.0337. The Morgan fingerprint density at radius 1 is 1.05 bits per heavy atom. The molecule has 0 atom stereocenters. The molecule has 0 spiro atoms. The topological polar surface area (TPSA) is 55.4 Å². The fourth-order valence-corrected chi connectivity index (χ4v) is 1.88. The molecule has 2 aromatic carbocycles. The number of ether oxygens (including phenoxy) is 1. The molecule has 5 heteroatoms. The molecule has 4 nitrogen and oxygen atoms in total. The van der Waals surface area contributed by atoms with E-state index in [4.69, 9.17) is 16.3 Å². The van der Waals surface area contributed by atoms with Crippen molar-refractivity contribution in [1.82, 2.24) is 5.32 Å². The third-order valence-corrected chi connectivity index (χ3v) is 2.99. The van der Waals surface area contributed by atoms with Gasteiger partial charge in [-0.15, -0.1) is 0 Å². The van der Waals surface area contributed by atoms with Gasteiger partial charge >= 0.3 is 6.09 Å². The van der Waals surface area contributed by atoms with E-state index in [2.05, 4.69) is 5.32 Å². The second-order valence-corrected chi connectivity index (χ2v) is 4.79. The molecular weight excluding hydrogens is 290 g/mol. The molecule has 0 heterocycles. The van der Waals surface area contributed by atoms with E-state index in [9.17, 15) is 9.59 Å². The van der Waals surface area contributed by atoms with Gasteiger partial charge in [0, 0.05) is 10.6 Å². The Morgan fingerprint density at radius 2 is 1.81 bits per heavy atom. The molecule has 0 fully saturated rings. The third-order valence-electron chi connectivity index (χ3n) is 2.75. The van der Waals surface area contributed by atoms with Crippen LogP contribution in [0.4, 0.5) is 4.79 Å². The predicted octanol–water partition coefficient (Wildman–Crippen LogP) is 3.45. The van der Waals surface area contributed by atoms with E-state index >= 15 is 0 Å². The molecule has 0 unspecified atom stereocenters. The van der Waals surface area contributed by atoms with Crippen LogP contribution in [0.25, 0.3) is 0 Å². The number of hydrogen-bond donors (Lipinski definition) is 1. The van der Waals surface area contributed by atoms with Crippen LogP contribution in [0.15, 0.2) is 54.6 Å². The average Bonchev–Trinajstić information content (AvgIpc) is 2.51. The number of Topliss-reactive ketones (excluding diaryl/α,β-unsaturated/α-hetero) is 1. The minimum Gasteiger partial charge on any atom is -0.445 e. The van der Waals surface area contributed by atoms with E-state index in [0.717, 1.165) is 5.56 Å². The Hall–Kier alpha value is -2.33. The Balaban J connectivity index is 1.77. The van der Waals surface area contributed by atoms with Gasteiger partial charge in [-0.05, 0) is 17.7 Å². The lowest BCUT2D eigenvalue weighted by molar-refractivity contribution is 0.0974. The largest absolute Gasteiger partial charge is 0.445 e. The molecule has 0 aliphatic carbocycles. The zero-order valence-electron chi connectivity index (χ0n) is 11.2. The summed E-state index contributed by atoms with van der Waals surface area (Å²) in [5.41, 5.74) is 1.33. The molecule has 21 heavy (non-hydrogen) atoms. The van der Waals surface area contributed by atoms with Crippen molar-refractivity contribution in [2.24, 2.45) is 0 Å². The van der Waals surface area contributed by atoms with E-state index in [-0.39, 0.29) is 18.9 Å². The molecule has 0 aliphatic rings. The number of amides is 1. The monoisotopic (exact) mass is 303 g/mol. The quantitative estimate of drug-likeness (QED) is 0.861. The van der Waals surface area contributed by atoms with Gasteiger partial charge in [0.1, 0.15) is 6.61 Å². The van der Waals surface area contributed by atoms with E-state index in [1.165, 1.54) is 0 Å². The van der Waals surface area contributed by atoms with Gasteiger partial charge in [-0.1, -0.05) is 54.1 Å².